The fourth-order valence-electron chi connectivity index (χ4n) is 2.03. The molecule has 0 aliphatic carbocycles. The third-order valence-corrected chi connectivity index (χ3v) is 3.03. The fraction of sp³-hybridized carbons (Fsp3) is 0.750. The van der Waals surface area contributed by atoms with Crippen molar-refractivity contribution >= 4 is 0 Å². The lowest BCUT2D eigenvalue weighted by Crippen LogP contribution is -2.37. The molecular weight excluding hydrogens is 186 g/mol. The molecule has 0 N–H and O–H groups in total. The molecule has 0 atom stereocenters. The highest BCUT2D eigenvalue weighted by molar-refractivity contribution is 5.22. The Labute approximate surface area is 92.1 Å². The van der Waals surface area contributed by atoms with Crippen molar-refractivity contribution in [3.8, 4) is 0 Å². The molecule has 0 aromatic carbocycles. The number of aryl methyl sites for hydroxylation is 1. The predicted molar refractivity (Wildman–Crippen MR) is 61.5 cm³/mol. The maximum atomic E-state index is 4.62. The predicted octanol–water partition coefficient (Wildman–Crippen LogP) is 2.41. The SMILES string of the molecule is CCCn1cc2c(n1)CN(C(C)(C)C)C2. The van der Waals surface area contributed by atoms with Gasteiger partial charge >= 0.3 is 0 Å². The van der Waals surface area contributed by atoms with Crippen molar-refractivity contribution < 1.29 is 0 Å². The third-order valence-electron chi connectivity index (χ3n) is 3.03. The van der Waals surface area contributed by atoms with Crippen LogP contribution in [0.3, 0.4) is 0 Å². The number of nitrogens with zero attached hydrogens (tertiary/aromatic N) is 3. The van der Waals surface area contributed by atoms with E-state index in [2.05, 4.69) is 48.6 Å². The van der Waals surface area contributed by atoms with E-state index in [1.807, 2.05) is 0 Å². The summed E-state index contributed by atoms with van der Waals surface area (Å²) in [7, 11) is 0. The summed E-state index contributed by atoms with van der Waals surface area (Å²) >= 11 is 0. The Balaban J connectivity index is 2.10. The molecule has 84 valence electrons. The molecule has 2 rings (SSSR count). The Morgan fingerprint density at radius 1 is 1.33 bits per heavy atom. The van der Waals surface area contributed by atoms with E-state index in [-0.39, 0.29) is 5.54 Å². The number of hydrogen-bond acceptors (Lipinski definition) is 2. The molecule has 0 saturated heterocycles. The summed E-state index contributed by atoms with van der Waals surface area (Å²) in [5, 5.41) is 4.62. The lowest BCUT2D eigenvalue weighted by atomic mass is 10.1. The first-order valence-electron chi connectivity index (χ1n) is 5.81. The molecule has 0 amide bonds. The second-order valence-electron chi connectivity index (χ2n) is 5.39. The zero-order chi connectivity index (χ0) is 11.1. The van der Waals surface area contributed by atoms with Crippen molar-refractivity contribution in [2.75, 3.05) is 0 Å². The molecule has 0 spiro atoms. The van der Waals surface area contributed by atoms with Crippen LogP contribution in [0.4, 0.5) is 0 Å². The highest BCUT2D eigenvalue weighted by Crippen LogP contribution is 2.27. The van der Waals surface area contributed by atoms with Gasteiger partial charge in [-0.2, -0.15) is 5.10 Å². The van der Waals surface area contributed by atoms with Crippen molar-refractivity contribution in [1.82, 2.24) is 14.7 Å². The standard InChI is InChI=1S/C12H21N3/c1-5-6-15-8-10-7-14(12(2,3)4)9-11(10)13-15/h8H,5-7,9H2,1-4H3. The van der Waals surface area contributed by atoms with Crippen molar-refractivity contribution in [2.24, 2.45) is 0 Å². The second kappa shape index (κ2) is 3.63. The van der Waals surface area contributed by atoms with Crippen LogP contribution in [0.5, 0.6) is 0 Å². The number of fused-ring (bicyclic) bond motifs is 1. The number of hydrogen-bond donors (Lipinski definition) is 0. The van der Waals surface area contributed by atoms with E-state index in [4.69, 9.17) is 0 Å². The summed E-state index contributed by atoms with van der Waals surface area (Å²) in [5.74, 6) is 0. The van der Waals surface area contributed by atoms with E-state index >= 15 is 0 Å². The van der Waals surface area contributed by atoms with E-state index in [9.17, 15) is 0 Å². The van der Waals surface area contributed by atoms with E-state index < -0.39 is 0 Å². The van der Waals surface area contributed by atoms with Crippen LogP contribution in [0.25, 0.3) is 0 Å². The summed E-state index contributed by atoms with van der Waals surface area (Å²) in [6, 6.07) is 0. The first-order chi connectivity index (χ1) is 7.00. The summed E-state index contributed by atoms with van der Waals surface area (Å²) in [4.78, 5) is 2.47. The molecule has 0 bridgehead atoms. The molecule has 1 aliphatic heterocycles. The van der Waals surface area contributed by atoms with Gasteiger partial charge in [-0.1, -0.05) is 6.92 Å². The van der Waals surface area contributed by atoms with Gasteiger partial charge in [0.2, 0.25) is 0 Å². The molecule has 0 radical (unpaired) electrons. The first-order valence-corrected chi connectivity index (χ1v) is 5.81. The Hall–Kier alpha value is -0.830. The van der Waals surface area contributed by atoms with Gasteiger partial charge in [0.15, 0.2) is 0 Å². The average Bonchev–Trinajstić information content (AvgIpc) is 2.59. The largest absolute Gasteiger partial charge is 0.288 e. The highest BCUT2D eigenvalue weighted by atomic mass is 15.3. The van der Waals surface area contributed by atoms with Crippen LogP contribution < -0.4 is 0 Å². The lowest BCUT2D eigenvalue weighted by Gasteiger charge is -2.31. The molecule has 1 aromatic heterocycles. The van der Waals surface area contributed by atoms with Gasteiger partial charge in [0.05, 0.1) is 5.69 Å². The van der Waals surface area contributed by atoms with E-state index in [0.29, 0.717) is 0 Å². The maximum absolute atomic E-state index is 4.62. The summed E-state index contributed by atoms with van der Waals surface area (Å²) in [6.07, 6.45) is 3.37. The molecule has 15 heavy (non-hydrogen) atoms. The van der Waals surface area contributed by atoms with Gasteiger partial charge < -0.3 is 0 Å². The zero-order valence-corrected chi connectivity index (χ0v) is 10.2. The molecule has 1 aliphatic rings. The Morgan fingerprint density at radius 2 is 2.07 bits per heavy atom. The Morgan fingerprint density at radius 3 is 2.60 bits per heavy atom. The molecule has 2 heterocycles. The minimum atomic E-state index is 0.253. The van der Waals surface area contributed by atoms with Crippen molar-refractivity contribution in [2.45, 2.75) is 59.3 Å². The van der Waals surface area contributed by atoms with E-state index in [0.717, 1.165) is 26.1 Å². The smallest absolute Gasteiger partial charge is 0.0810 e. The lowest BCUT2D eigenvalue weighted by molar-refractivity contribution is 0.134. The Kier molecular flexibility index (Phi) is 2.59. The maximum Gasteiger partial charge on any atom is 0.0810 e. The quantitative estimate of drug-likeness (QED) is 0.742. The van der Waals surface area contributed by atoms with Crippen LogP contribution in [-0.4, -0.2) is 20.2 Å². The van der Waals surface area contributed by atoms with Crippen LogP contribution >= 0.6 is 0 Å². The molecule has 3 nitrogen and oxygen atoms in total. The van der Waals surface area contributed by atoms with E-state index in [1.54, 1.807) is 0 Å². The minimum Gasteiger partial charge on any atom is -0.288 e. The van der Waals surface area contributed by atoms with Gasteiger partial charge in [0, 0.05) is 36.9 Å². The van der Waals surface area contributed by atoms with Gasteiger partial charge in [-0.3, -0.25) is 9.58 Å². The van der Waals surface area contributed by atoms with Crippen molar-refractivity contribution in [3.63, 3.8) is 0 Å². The van der Waals surface area contributed by atoms with Crippen LogP contribution in [0, 0.1) is 0 Å². The highest BCUT2D eigenvalue weighted by Gasteiger charge is 2.29. The fourth-order valence-corrected chi connectivity index (χ4v) is 2.03. The first kappa shape index (κ1) is 10.7. The summed E-state index contributed by atoms with van der Waals surface area (Å²) < 4.78 is 2.09. The van der Waals surface area contributed by atoms with Gasteiger partial charge in [0.1, 0.15) is 0 Å². The second-order valence-corrected chi connectivity index (χ2v) is 5.39. The third kappa shape index (κ3) is 2.07. The topological polar surface area (TPSA) is 21.1 Å². The van der Waals surface area contributed by atoms with Crippen molar-refractivity contribution in [1.29, 1.82) is 0 Å². The number of aromatic nitrogens is 2. The summed E-state index contributed by atoms with van der Waals surface area (Å²) in [6.45, 7) is 12.1. The van der Waals surface area contributed by atoms with Crippen LogP contribution in [-0.2, 0) is 19.6 Å². The van der Waals surface area contributed by atoms with Crippen LogP contribution in [0.2, 0.25) is 0 Å². The molecule has 0 saturated carbocycles. The molecular formula is C12H21N3. The van der Waals surface area contributed by atoms with Gasteiger partial charge in [0.25, 0.3) is 0 Å². The van der Waals surface area contributed by atoms with Gasteiger partial charge in [-0.15, -0.1) is 0 Å². The zero-order valence-electron chi connectivity index (χ0n) is 10.2. The average molecular weight is 207 g/mol. The van der Waals surface area contributed by atoms with Crippen LogP contribution in [0.15, 0.2) is 6.20 Å². The molecule has 0 unspecified atom stereocenters. The molecule has 0 fully saturated rings. The monoisotopic (exact) mass is 207 g/mol. The molecule has 1 aromatic rings. The Bertz CT molecular complexity index is 323. The molecule has 3 heteroatoms. The number of rotatable bonds is 2. The van der Waals surface area contributed by atoms with Crippen LogP contribution in [0.1, 0.15) is 45.4 Å². The minimum absolute atomic E-state index is 0.253. The summed E-state index contributed by atoms with van der Waals surface area (Å²) in [5.41, 5.74) is 2.94. The van der Waals surface area contributed by atoms with Gasteiger partial charge in [-0.25, -0.2) is 0 Å². The van der Waals surface area contributed by atoms with Gasteiger partial charge in [-0.05, 0) is 27.2 Å². The van der Waals surface area contributed by atoms with Crippen molar-refractivity contribution in [3.05, 3.63) is 17.5 Å². The van der Waals surface area contributed by atoms with E-state index in [1.165, 1.54) is 11.3 Å². The normalized spacial score (nSPS) is 17.1.